The van der Waals surface area contributed by atoms with Crippen molar-refractivity contribution in [2.45, 2.75) is 27.2 Å². The highest BCUT2D eigenvalue weighted by Gasteiger charge is 2.26. The molecule has 6 nitrogen and oxygen atoms in total. The number of hydrogen-bond acceptors (Lipinski definition) is 6. The van der Waals surface area contributed by atoms with Crippen molar-refractivity contribution in [3.8, 4) is 11.8 Å². The quantitative estimate of drug-likeness (QED) is 0.426. The summed E-state index contributed by atoms with van der Waals surface area (Å²) in [6.07, 6.45) is 0.741. The summed E-state index contributed by atoms with van der Waals surface area (Å²) in [7, 11) is 0. The van der Waals surface area contributed by atoms with Crippen LogP contribution in [0.2, 0.25) is 0 Å². The number of hydrogen-bond donors (Lipinski definition) is 0. The van der Waals surface area contributed by atoms with Gasteiger partial charge >= 0.3 is 5.97 Å². The Morgan fingerprint density at radius 1 is 1.00 bits per heavy atom. The van der Waals surface area contributed by atoms with E-state index in [9.17, 15) is 4.79 Å². The highest BCUT2D eigenvalue weighted by molar-refractivity contribution is 5.75. The number of benzene rings is 1. The molecule has 1 rings (SSSR count). The van der Waals surface area contributed by atoms with E-state index < -0.39 is 5.41 Å². The lowest BCUT2D eigenvalue weighted by molar-refractivity contribution is -0.155. The lowest BCUT2D eigenvalue weighted by Gasteiger charge is -2.20. The monoisotopic (exact) mass is 349 g/mol. The summed E-state index contributed by atoms with van der Waals surface area (Å²) >= 11 is 0. The minimum absolute atomic E-state index is 0.199. The van der Waals surface area contributed by atoms with Crippen LogP contribution in [0.15, 0.2) is 24.3 Å². The summed E-state index contributed by atoms with van der Waals surface area (Å²) < 4.78 is 21.4. The van der Waals surface area contributed by atoms with E-state index in [0.29, 0.717) is 44.3 Å². The standard InChI is InChI=1S/C19H27NO5/c1-4-19(2,3)18(21)25-14-12-23-10-9-22-11-13-24-17-7-5-16(15-20)6-8-17/h5-8H,4,9-14H2,1-3H3. The van der Waals surface area contributed by atoms with E-state index in [1.165, 1.54) is 0 Å². The first-order chi connectivity index (χ1) is 12.0. The molecule has 0 atom stereocenters. The highest BCUT2D eigenvalue weighted by atomic mass is 16.6. The first-order valence-electron chi connectivity index (χ1n) is 8.45. The summed E-state index contributed by atoms with van der Waals surface area (Å²) in [5.74, 6) is 0.505. The van der Waals surface area contributed by atoms with Crippen molar-refractivity contribution in [3.05, 3.63) is 29.8 Å². The number of ether oxygens (including phenoxy) is 4. The molecule has 138 valence electrons. The molecule has 0 aliphatic rings. The maximum absolute atomic E-state index is 11.7. The Kier molecular flexibility index (Phi) is 9.60. The van der Waals surface area contributed by atoms with E-state index in [-0.39, 0.29) is 12.6 Å². The fourth-order valence-corrected chi connectivity index (χ4v) is 1.70. The molecular formula is C19H27NO5. The molecule has 0 heterocycles. The molecule has 0 aromatic heterocycles. The third-order valence-corrected chi connectivity index (χ3v) is 3.75. The number of nitrogens with zero attached hydrogens (tertiary/aromatic N) is 1. The summed E-state index contributed by atoms with van der Waals surface area (Å²) in [5, 5.41) is 8.71. The van der Waals surface area contributed by atoms with E-state index in [1.807, 2.05) is 20.8 Å². The third kappa shape index (κ3) is 8.52. The molecule has 1 aromatic rings. The lowest BCUT2D eigenvalue weighted by Crippen LogP contribution is -2.27. The molecule has 0 saturated carbocycles. The minimum Gasteiger partial charge on any atom is -0.491 e. The van der Waals surface area contributed by atoms with Crippen LogP contribution in [-0.4, -0.2) is 45.6 Å². The van der Waals surface area contributed by atoms with E-state index >= 15 is 0 Å². The molecule has 0 amide bonds. The zero-order chi connectivity index (χ0) is 18.5. The van der Waals surface area contributed by atoms with Crippen molar-refractivity contribution in [1.82, 2.24) is 0 Å². The molecule has 0 spiro atoms. The Balaban J connectivity index is 1.95. The number of nitriles is 1. The average Bonchev–Trinajstić information content (AvgIpc) is 2.63. The van der Waals surface area contributed by atoms with Crippen LogP contribution < -0.4 is 4.74 Å². The van der Waals surface area contributed by atoms with Crippen LogP contribution in [0.3, 0.4) is 0 Å². The second-order valence-corrected chi connectivity index (χ2v) is 6.08. The van der Waals surface area contributed by atoms with Crippen LogP contribution in [0.25, 0.3) is 0 Å². The Hall–Kier alpha value is -2.10. The summed E-state index contributed by atoms with van der Waals surface area (Å²) in [5.41, 5.74) is 0.155. The molecule has 0 aliphatic carbocycles. The maximum Gasteiger partial charge on any atom is 0.311 e. The van der Waals surface area contributed by atoms with Gasteiger partial charge in [-0.2, -0.15) is 5.26 Å². The molecule has 0 N–H and O–H groups in total. The Labute approximate surface area is 149 Å². The molecule has 1 aromatic carbocycles. The molecule has 0 saturated heterocycles. The average molecular weight is 349 g/mol. The number of rotatable bonds is 12. The number of carbonyl (C=O) groups is 1. The van der Waals surface area contributed by atoms with Crippen molar-refractivity contribution in [2.24, 2.45) is 5.41 Å². The molecule has 0 unspecified atom stereocenters. The first kappa shape index (κ1) is 20.9. The van der Waals surface area contributed by atoms with Gasteiger partial charge in [-0.1, -0.05) is 6.92 Å². The van der Waals surface area contributed by atoms with Gasteiger partial charge in [-0.15, -0.1) is 0 Å². The second-order valence-electron chi connectivity index (χ2n) is 6.08. The fraction of sp³-hybridized carbons (Fsp3) is 0.579. The van der Waals surface area contributed by atoms with Crippen LogP contribution in [0.1, 0.15) is 32.8 Å². The molecule has 6 heteroatoms. The van der Waals surface area contributed by atoms with Crippen molar-refractivity contribution < 1.29 is 23.7 Å². The lowest BCUT2D eigenvalue weighted by atomic mass is 9.91. The Morgan fingerprint density at radius 3 is 2.12 bits per heavy atom. The largest absolute Gasteiger partial charge is 0.491 e. The van der Waals surface area contributed by atoms with E-state index in [0.717, 1.165) is 6.42 Å². The van der Waals surface area contributed by atoms with Gasteiger partial charge in [0, 0.05) is 0 Å². The van der Waals surface area contributed by atoms with E-state index in [2.05, 4.69) is 6.07 Å². The molecular weight excluding hydrogens is 322 g/mol. The smallest absolute Gasteiger partial charge is 0.311 e. The molecule has 0 fully saturated rings. The summed E-state index contributed by atoms with van der Waals surface area (Å²) in [4.78, 5) is 11.7. The molecule has 0 bridgehead atoms. The Bertz CT molecular complexity index is 548. The zero-order valence-electron chi connectivity index (χ0n) is 15.2. The van der Waals surface area contributed by atoms with Gasteiger partial charge in [-0.3, -0.25) is 4.79 Å². The normalized spacial score (nSPS) is 11.0. The van der Waals surface area contributed by atoms with Gasteiger partial charge in [0.1, 0.15) is 19.0 Å². The van der Waals surface area contributed by atoms with Gasteiger partial charge in [0.15, 0.2) is 0 Å². The zero-order valence-corrected chi connectivity index (χ0v) is 15.2. The predicted octanol–water partition coefficient (Wildman–Crippen LogP) is 2.95. The summed E-state index contributed by atoms with van der Waals surface area (Å²) in [6, 6.07) is 8.97. The topological polar surface area (TPSA) is 77.8 Å². The van der Waals surface area contributed by atoms with Gasteiger partial charge in [0.2, 0.25) is 0 Å². The number of carbonyl (C=O) groups excluding carboxylic acids is 1. The van der Waals surface area contributed by atoms with Crippen LogP contribution in [0.4, 0.5) is 0 Å². The van der Waals surface area contributed by atoms with Gasteiger partial charge in [0.05, 0.1) is 43.5 Å². The first-order valence-corrected chi connectivity index (χ1v) is 8.45. The summed E-state index contributed by atoms with van der Waals surface area (Å²) in [6.45, 7) is 8.06. The highest BCUT2D eigenvalue weighted by Crippen LogP contribution is 2.21. The van der Waals surface area contributed by atoms with Gasteiger partial charge < -0.3 is 18.9 Å². The van der Waals surface area contributed by atoms with Crippen LogP contribution in [-0.2, 0) is 19.0 Å². The number of esters is 1. The third-order valence-electron chi connectivity index (χ3n) is 3.75. The van der Waals surface area contributed by atoms with Crippen molar-refractivity contribution in [3.63, 3.8) is 0 Å². The van der Waals surface area contributed by atoms with Gasteiger partial charge in [0.25, 0.3) is 0 Å². The van der Waals surface area contributed by atoms with Gasteiger partial charge in [-0.25, -0.2) is 0 Å². The SMILES string of the molecule is CCC(C)(C)C(=O)OCCOCCOCCOc1ccc(C#N)cc1. The molecule has 25 heavy (non-hydrogen) atoms. The van der Waals surface area contributed by atoms with Crippen molar-refractivity contribution in [2.75, 3.05) is 39.6 Å². The van der Waals surface area contributed by atoms with Crippen molar-refractivity contribution in [1.29, 1.82) is 5.26 Å². The predicted molar refractivity (Wildman–Crippen MR) is 93.3 cm³/mol. The van der Waals surface area contributed by atoms with Crippen LogP contribution >= 0.6 is 0 Å². The van der Waals surface area contributed by atoms with Crippen LogP contribution in [0.5, 0.6) is 5.75 Å². The molecule has 0 radical (unpaired) electrons. The second kappa shape index (κ2) is 11.5. The fourth-order valence-electron chi connectivity index (χ4n) is 1.70. The van der Waals surface area contributed by atoms with Gasteiger partial charge in [-0.05, 0) is 44.5 Å². The van der Waals surface area contributed by atoms with Crippen LogP contribution in [0, 0.1) is 16.7 Å². The van der Waals surface area contributed by atoms with Crippen molar-refractivity contribution >= 4 is 5.97 Å². The maximum atomic E-state index is 11.7. The Morgan fingerprint density at radius 2 is 1.56 bits per heavy atom. The van der Waals surface area contributed by atoms with E-state index in [1.54, 1.807) is 24.3 Å². The minimum atomic E-state index is -0.446. The molecule has 0 aliphatic heterocycles. The van der Waals surface area contributed by atoms with E-state index in [4.69, 9.17) is 24.2 Å².